The summed E-state index contributed by atoms with van der Waals surface area (Å²) in [6.07, 6.45) is 5.91. The molecule has 0 aliphatic carbocycles. The van der Waals surface area contributed by atoms with Gasteiger partial charge in [0.05, 0.1) is 0 Å². The molecule has 2 N–H and O–H groups in total. The molecular formula is C21H28NO3+. The Labute approximate surface area is 149 Å². The number of aromatic hydroxyl groups is 1. The zero-order chi connectivity index (χ0) is 18.7. The molecule has 0 bridgehead atoms. The number of aromatic carboxylic acids is 1. The van der Waals surface area contributed by atoms with Gasteiger partial charge in [-0.2, -0.15) is 0 Å². The highest BCUT2D eigenvalue weighted by Crippen LogP contribution is 2.37. The molecule has 134 valence electrons. The largest absolute Gasteiger partial charge is 0.507 e. The summed E-state index contributed by atoms with van der Waals surface area (Å²) in [6, 6.07) is 10.9. The van der Waals surface area contributed by atoms with E-state index in [4.69, 9.17) is 0 Å². The van der Waals surface area contributed by atoms with Gasteiger partial charge in [0.25, 0.3) is 0 Å². The average Bonchev–Trinajstić information content (AvgIpc) is 2.48. The fourth-order valence-corrected chi connectivity index (χ4v) is 3.86. The van der Waals surface area contributed by atoms with Gasteiger partial charge in [-0.25, -0.2) is 9.36 Å². The zero-order valence-corrected chi connectivity index (χ0v) is 15.5. The van der Waals surface area contributed by atoms with Crippen molar-refractivity contribution in [1.82, 2.24) is 0 Å². The van der Waals surface area contributed by atoms with Crippen molar-refractivity contribution in [3.8, 4) is 5.75 Å². The molecule has 1 heterocycles. The van der Waals surface area contributed by atoms with Crippen molar-refractivity contribution < 1.29 is 19.6 Å². The Morgan fingerprint density at radius 1 is 1.04 bits per heavy atom. The number of nitrogens with zero attached hydrogens (tertiary/aromatic N) is 1. The maximum atomic E-state index is 11.2. The van der Waals surface area contributed by atoms with E-state index in [-0.39, 0.29) is 22.1 Å². The lowest BCUT2D eigenvalue weighted by molar-refractivity contribution is -0.709. The molecule has 0 saturated carbocycles. The lowest BCUT2D eigenvalue weighted by Gasteiger charge is -2.33. The second-order valence-corrected chi connectivity index (χ2v) is 8.39. The van der Waals surface area contributed by atoms with E-state index >= 15 is 0 Å². The standard InChI is InChI=1S/C21H27NO3/c1-20(2,13-16-8-9-18(23)17(12-16)19(24)25)14-21(3,4)15-22-10-6-5-7-11-22/h5-12H,13-15H2,1-4H3,(H-,23,24,25)/p+1. The lowest BCUT2D eigenvalue weighted by Crippen LogP contribution is -2.42. The van der Waals surface area contributed by atoms with E-state index in [1.165, 1.54) is 6.07 Å². The van der Waals surface area contributed by atoms with Gasteiger partial charge in [-0.1, -0.05) is 39.8 Å². The number of aromatic nitrogens is 1. The molecule has 0 spiro atoms. The summed E-state index contributed by atoms with van der Waals surface area (Å²) in [6.45, 7) is 9.85. The minimum atomic E-state index is -1.10. The Morgan fingerprint density at radius 2 is 1.68 bits per heavy atom. The number of carboxylic acids is 1. The molecular weight excluding hydrogens is 314 g/mol. The van der Waals surface area contributed by atoms with Crippen LogP contribution in [-0.2, 0) is 13.0 Å². The number of benzene rings is 1. The number of carboxylic acid groups (broad SMARTS) is 1. The van der Waals surface area contributed by atoms with Crippen molar-refractivity contribution in [2.75, 3.05) is 0 Å². The van der Waals surface area contributed by atoms with Gasteiger partial charge in [0, 0.05) is 17.5 Å². The zero-order valence-electron chi connectivity index (χ0n) is 15.5. The van der Waals surface area contributed by atoms with E-state index in [0.717, 1.165) is 24.9 Å². The predicted molar refractivity (Wildman–Crippen MR) is 97.6 cm³/mol. The maximum absolute atomic E-state index is 11.2. The van der Waals surface area contributed by atoms with Crippen molar-refractivity contribution in [2.24, 2.45) is 10.8 Å². The van der Waals surface area contributed by atoms with Crippen LogP contribution in [0.25, 0.3) is 0 Å². The van der Waals surface area contributed by atoms with E-state index in [2.05, 4.69) is 44.7 Å². The first-order chi connectivity index (χ1) is 11.6. The fourth-order valence-electron chi connectivity index (χ4n) is 3.86. The lowest BCUT2D eigenvalue weighted by atomic mass is 9.72. The number of carbonyl (C=O) groups is 1. The molecule has 0 unspecified atom stereocenters. The van der Waals surface area contributed by atoms with E-state index in [1.807, 2.05) is 24.3 Å². The highest BCUT2D eigenvalue weighted by Gasteiger charge is 2.32. The predicted octanol–water partition coefficient (Wildman–Crippen LogP) is 4.06. The number of pyridine rings is 1. The number of phenols is 1. The highest BCUT2D eigenvalue weighted by molar-refractivity contribution is 5.90. The topological polar surface area (TPSA) is 61.4 Å². The molecule has 1 aromatic carbocycles. The smallest absolute Gasteiger partial charge is 0.339 e. The van der Waals surface area contributed by atoms with Gasteiger partial charge in [-0.15, -0.1) is 0 Å². The van der Waals surface area contributed by atoms with Crippen LogP contribution in [0.2, 0.25) is 0 Å². The number of rotatable bonds is 7. The van der Waals surface area contributed by atoms with Crippen LogP contribution in [0.15, 0.2) is 48.8 Å². The van der Waals surface area contributed by atoms with Gasteiger partial charge < -0.3 is 10.2 Å². The third-order valence-corrected chi connectivity index (χ3v) is 4.32. The Kier molecular flexibility index (Phi) is 5.51. The van der Waals surface area contributed by atoms with Gasteiger partial charge >= 0.3 is 5.97 Å². The fraction of sp³-hybridized carbons (Fsp3) is 0.429. The minimum Gasteiger partial charge on any atom is -0.507 e. The molecule has 25 heavy (non-hydrogen) atoms. The minimum absolute atomic E-state index is 0.00554. The summed E-state index contributed by atoms with van der Waals surface area (Å²) in [4.78, 5) is 11.2. The molecule has 4 heteroatoms. The molecule has 0 saturated heterocycles. The van der Waals surface area contributed by atoms with E-state index in [1.54, 1.807) is 6.07 Å². The first kappa shape index (κ1) is 19.0. The molecule has 0 aliphatic rings. The van der Waals surface area contributed by atoms with Crippen LogP contribution in [0.4, 0.5) is 0 Å². The maximum Gasteiger partial charge on any atom is 0.339 e. The van der Waals surface area contributed by atoms with E-state index in [0.29, 0.717) is 0 Å². The van der Waals surface area contributed by atoms with Gasteiger partial charge in [-0.05, 0) is 36.0 Å². The summed E-state index contributed by atoms with van der Waals surface area (Å²) in [5.41, 5.74) is 1.00. The average molecular weight is 342 g/mol. The van der Waals surface area contributed by atoms with Crippen molar-refractivity contribution in [3.63, 3.8) is 0 Å². The second-order valence-electron chi connectivity index (χ2n) is 8.39. The van der Waals surface area contributed by atoms with E-state index < -0.39 is 5.97 Å². The van der Waals surface area contributed by atoms with Gasteiger partial charge in [-0.3, -0.25) is 0 Å². The van der Waals surface area contributed by atoms with E-state index in [9.17, 15) is 15.0 Å². The summed E-state index contributed by atoms with van der Waals surface area (Å²) in [7, 11) is 0. The number of hydrogen-bond donors (Lipinski definition) is 2. The third kappa shape index (κ3) is 5.59. The van der Waals surface area contributed by atoms with Crippen LogP contribution in [-0.4, -0.2) is 16.2 Å². The SMILES string of the molecule is CC(C)(Cc1ccc(O)c(C(=O)O)c1)CC(C)(C)C[n+]1ccccc1. The van der Waals surface area contributed by atoms with Crippen LogP contribution >= 0.6 is 0 Å². The van der Waals surface area contributed by atoms with Gasteiger partial charge in [0.2, 0.25) is 0 Å². The second kappa shape index (κ2) is 7.26. The van der Waals surface area contributed by atoms with Gasteiger partial charge in [0.15, 0.2) is 18.9 Å². The molecule has 0 aliphatic heterocycles. The molecule has 0 radical (unpaired) electrons. The molecule has 2 aromatic rings. The van der Waals surface area contributed by atoms with Crippen LogP contribution in [0, 0.1) is 10.8 Å². The number of hydrogen-bond acceptors (Lipinski definition) is 2. The Hall–Kier alpha value is -2.36. The van der Waals surface area contributed by atoms with Crippen LogP contribution < -0.4 is 4.57 Å². The first-order valence-corrected chi connectivity index (χ1v) is 8.57. The Bertz CT molecular complexity index is 736. The Morgan fingerprint density at radius 3 is 2.28 bits per heavy atom. The Balaban J connectivity index is 2.10. The molecule has 2 rings (SSSR count). The third-order valence-electron chi connectivity index (χ3n) is 4.32. The quantitative estimate of drug-likeness (QED) is 0.746. The van der Waals surface area contributed by atoms with Crippen molar-refractivity contribution in [1.29, 1.82) is 0 Å². The summed E-state index contributed by atoms with van der Waals surface area (Å²) in [5.74, 6) is -1.28. The normalized spacial score (nSPS) is 12.2. The van der Waals surface area contributed by atoms with Gasteiger partial charge in [0.1, 0.15) is 11.3 Å². The highest BCUT2D eigenvalue weighted by atomic mass is 16.4. The van der Waals surface area contributed by atoms with Crippen molar-refractivity contribution in [3.05, 3.63) is 59.9 Å². The molecule has 0 fully saturated rings. The van der Waals surface area contributed by atoms with Crippen molar-refractivity contribution in [2.45, 2.75) is 47.1 Å². The molecule has 1 aromatic heterocycles. The summed E-state index contributed by atoms with van der Waals surface area (Å²) < 4.78 is 2.19. The monoisotopic (exact) mass is 342 g/mol. The molecule has 0 amide bonds. The van der Waals surface area contributed by atoms with Crippen LogP contribution in [0.3, 0.4) is 0 Å². The first-order valence-electron chi connectivity index (χ1n) is 8.57. The molecule has 0 atom stereocenters. The molecule has 4 nitrogen and oxygen atoms in total. The van der Waals surface area contributed by atoms with Crippen molar-refractivity contribution >= 4 is 5.97 Å². The summed E-state index contributed by atoms with van der Waals surface area (Å²) in [5, 5.41) is 18.8. The van der Waals surface area contributed by atoms with Crippen LogP contribution in [0.1, 0.15) is 50.0 Å². The summed E-state index contributed by atoms with van der Waals surface area (Å²) >= 11 is 0. The van der Waals surface area contributed by atoms with Crippen LogP contribution in [0.5, 0.6) is 5.75 Å².